The maximum atomic E-state index is 12.4. The average molecular weight is 464 g/mol. The number of hydrogen-bond acceptors (Lipinski definition) is 8. The quantitative estimate of drug-likeness (QED) is 0.520. The van der Waals surface area contributed by atoms with E-state index in [4.69, 9.17) is 15.2 Å². The molecular weight excluding hydrogens is 434 g/mol. The number of likely N-dealkylation sites (tertiary alicyclic amines) is 1. The molecule has 0 spiro atoms. The summed E-state index contributed by atoms with van der Waals surface area (Å²) >= 11 is 0. The van der Waals surface area contributed by atoms with Crippen LogP contribution in [0.4, 0.5) is 16.4 Å². The fourth-order valence-electron chi connectivity index (χ4n) is 3.69. The Bertz CT molecular complexity index is 1130. The molecule has 9 heteroatoms. The van der Waals surface area contributed by atoms with Crippen molar-refractivity contribution in [2.24, 2.45) is 0 Å². The third-order valence-corrected chi connectivity index (χ3v) is 5.26. The number of nitrogen functional groups attached to an aromatic ring is 1. The number of amides is 1. The minimum Gasteiger partial charge on any atom is -0.457 e. The summed E-state index contributed by atoms with van der Waals surface area (Å²) in [6, 6.07) is 16.5. The van der Waals surface area contributed by atoms with Gasteiger partial charge in [0.1, 0.15) is 35.1 Å². The molecule has 0 bridgehead atoms. The molecule has 4 N–H and O–H groups in total. The summed E-state index contributed by atoms with van der Waals surface area (Å²) in [5.41, 5.74) is 6.98. The van der Waals surface area contributed by atoms with Crippen LogP contribution in [0.3, 0.4) is 0 Å². The van der Waals surface area contributed by atoms with Gasteiger partial charge in [0.05, 0.1) is 24.3 Å². The number of nitrogens with zero attached hydrogens (tertiary/aromatic N) is 3. The molecule has 1 saturated heterocycles. The third-order valence-electron chi connectivity index (χ3n) is 5.26. The molecule has 1 aromatic heterocycles. The van der Waals surface area contributed by atoms with Gasteiger partial charge in [0.25, 0.3) is 0 Å². The second-order valence-corrected chi connectivity index (χ2v) is 9.13. The van der Waals surface area contributed by atoms with E-state index in [1.54, 1.807) is 20.8 Å². The minimum absolute atomic E-state index is 0.161. The van der Waals surface area contributed by atoms with Crippen LogP contribution in [0, 0.1) is 0 Å². The van der Waals surface area contributed by atoms with Crippen LogP contribution in [0.2, 0.25) is 0 Å². The zero-order valence-electron chi connectivity index (χ0n) is 19.4. The molecule has 2 unspecified atom stereocenters. The Morgan fingerprint density at radius 3 is 2.41 bits per heavy atom. The summed E-state index contributed by atoms with van der Waals surface area (Å²) in [5, 5.41) is 13.8. The van der Waals surface area contributed by atoms with Gasteiger partial charge in [-0.05, 0) is 50.6 Å². The number of nitrogens with one attached hydrogen (secondary N) is 1. The van der Waals surface area contributed by atoms with E-state index >= 15 is 0 Å². The number of hydrogen-bond donors (Lipinski definition) is 3. The van der Waals surface area contributed by atoms with Crippen LogP contribution in [0.1, 0.15) is 20.8 Å². The Morgan fingerprint density at radius 1 is 1.06 bits per heavy atom. The van der Waals surface area contributed by atoms with Crippen LogP contribution in [0.5, 0.6) is 11.5 Å². The maximum Gasteiger partial charge on any atom is 0.410 e. The SMILES string of the molecule is CC(C)(C)OC(=O)N1CC(O)C(Nc2ncnc(N)c2-c2ccc(Oc3ccccc3)cc2)C1. The molecule has 2 atom stereocenters. The molecule has 9 nitrogen and oxygen atoms in total. The van der Waals surface area contributed by atoms with Crippen LogP contribution < -0.4 is 15.8 Å². The summed E-state index contributed by atoms with van der Waals surface area (Å²) in [6.45, 7) is 5.84. The highest BCUT2D eigenvalue weighted by Gasteiger charge is 2.36. The highest BCUT2D eigenvalue weighted by molar-refractivity contribution is 5.84. The Labute approximate surface area is 198 Å². The fourth-order valence-corrected chi connectivity index (χ4v) is 3.69. The van der Waals surface area contributed by atoms with Gasteiger partial charge in [-0.25, -0.2) is 14.8 Å². The second-order valence-electron chi connectivity index (χ2n) is 9.13. The number of carbonyl (C=O) groups is 1. The molecule has 1 amide bonds. The minimum atomic E-state index is -0.793. The first-order valence-electron chi connectivity index (χ1n) is 11.1. The standard InChI is InChI=1S/C25H29N5O4/c1-25(2,3)34-24(32)30-13-19(20(31)14-30)29-23-21(22(26)27-15-28-23)16-9-11-18(12-10-16)33-17-7-5-4-6-8-17/h4-12,15,19-20,31H,13-14H2,1-3H3,(H3,26,27,28,29). The van der Waals surface area contributed by atoms with Crippen molar-refractivity contribution in [1.29, 1.82) is 0 Å². The lowest BCUT2D eigenvalue weighted by Gasteiger charge is -2.24. The summed E-state index contributed by atoms with van der Waals surface area (Å²) in [6.07, 6.45) is 0.103. The van der Waals surface area contributed by atoms with Crippen molar-refractivity contribution in [3.63, 3.8) is 0 Å². The second kappa shape index (κ2) is 9.56. The number of rotatable bonds is 5. The van der Waals surface area contributed by atoms with E-state index in [2.05, 4.69) is 15.3 Å². The Morgan fingerprint density at radius 2 is 1.74 bits per heavy atom. The molecule has 0 aliphatic carbocycles. The van der Waals surface area contributed by atoms with E-state index < -0.39 is 23.8 Å². The maximum absolute atomic E-state index is 12.4. The largest absolute Gasteiger partial charge is 0.457 e. The lowest BCUT2D eigenvalue weighted by molar-refractivity contribution is 0.0270. The number of aliphatic hydroxyl groups excluding tert-OH is 1. The van der Waals surface area contributed by atoms with Crippen LogP contribution >= 0.6 is 0 Å². The van der Waals surface area contributed by atoms with Crippen molar-refractivity contribution < 1.29 is 19.4 Å². The number of anilines is 2. The molecular formula is C25H29N5O4. The van der Waals surface area contributed by atoms with E-state index in [9.17, 15) is 9.90 Å². The molecule has 1 aliphatic heterocycles. The first kappa shape index (κ1) is 23.3. The number of aliphatic hydroxyl groups is 1. The van der Waals surface area contributed by atoms with E-state index in [0.29, 0.717) is 22.9 Å². The summed E-state index contributed by atoms with van der Waals surface area (Å²) < 4.78 is 11.3. The summed E-state index contributed by atoms with van der Waals surface area (Å²) in [7, 11) is 0. The van der Waals surface area contributed by atoms with Gasteiger partial charge in [-0.1, -0.05) is 30.3 Å². The Kier molecular flexibility index (Phi) is 6.56. The normalized spacial score (nSPS) is 17.9. The highest BCUT2D eigenvalue weighted by atomic mass is 16.6. The van der Waals surface area contributed by atoms with Gasteiger partial charge >= 0.3 is 6.09 Å². The van der Waals surface area contributed by atoms with E-state index in [0.717, 1.165) is 11.3 Å². The number of nitrogens with two attached hydrogens (primary N) is 1. The van der Waals surface area contributed by atoms with Gasteiger partial charge in [0.2, 0.25) is 0 Å². The van der Waals surface area contributed by atoms with E-state index in [-0.39, 0.29) is 13.1 Å². The molecule has 3 aromatic rings. The Balaban J connectivity index is 1.51. The van der Waals surface area contributed by atoms with E-state index in [1.165, 1.54) is 11.2 Å². The first-order chi connectivity index (χ1) is 16.2. The molecule has 0 saturated carbocycles. The van der Waals surface area contributed by atoms with Crippen LogP contribution in [0.25, 0.3) is 11.1 Å². The molecule has 1 fully saturated rings. The molecule has 4 rings (SSSR count). The lowest BCUT2D eigenvalue weighted by Crippen LogP contribution is -2.36. The highest BCUT2D eigenvalue weighted by Crippen LogP contribution is 2.33. The van der Waals surface area contributed by atoms with Gasteiger partial charge in [0.15, 0.2) is 0 Å². The predicted molar refractivity (Wildman–Crippen MR) is 130 cm³/mol. The predicted octanol–water partition coefficient (Wildman–Crippen LogP) is 3.91. The summed E-state index contributed by atoms with van der Waals surface area (Å²) in [5.74, 6) is 2.19. The van der Waals surface area contributed by atoms with Crippen molar-refractivity contribution in [2.75, 3.05) is 24.1 Å². The number of benzene rings is 2. The number of para-hydroxylation sites is 1. The number of ether oxygens (including phenoxy) is 2. The average Bonchev–Trinajstić information content (AvgIpc) is 3.15. The molecule has 0 radical (unpaired) electrons. The van der Waals surface area contributed by atoms with Crippen molar-refractivity contribution >= 4 is 17.7 Å². The number of carbonyl (C=O) groups excluding carboxylic acids is 1. The van der Waals surface area contributed by atoms with Crippen LogP contribution in [0.15, 0.2) is 60.9 Å². The summed E-state index contributed by atoms with van der Waals surface area (Å²) in [4.78, 5) is 22.4. The van der Waals surface area contributed by atoms with Crippen LogP contribution in [-0.4, -0.2) is 56.9 Å². The zero-order valence-corrected chi connectivity index (χ0v) is 19.4. The van der Waals surface area contributed by atoms with Crippen LogP contribution in [-0.2, 0) is 4.74 Å². The molecule has 178 valence electrons. The van der Waals surface area contributed by atoms with E-state index in [1.807, 2.05) is 54.6 Å². The van der Waals surface area contributed by atoms with Gasteiger partial charge in [-0.3, -0.25) is 0 Å². The van der Waals surface area contributed by atoms with Crippen molar-refractivity contribution in [3.05, 3.63) is 60.9 Å². The number of β-amino-alcohol motifs (C(OH)–C–C–N with tert-alkyl or cyclic N) is 1. The smallest absolute Gasteiger partial charge is 0.410 e. The fraction of sp³-hybridized carbons (Fsp3) is 0.320. The van der Waals surface area contributed by atoms with Gasteiger partial charge < -0.3 is 30.5 Å². The molecule has 1 aliphatic rings. The number of aromatic nitrogens is 2. The zero-order chi connectivity index (χ0) is 24.3. The van der Waals surface area contributed by atoms with Crippen molar-refractivity contribution in [2.45, 2.75) is 38.5 Å². The monoisotopic (exact) mass is 463 g/mol. The van der Waals surface area contributed by atoms with Crippen molar-refractivity contribution in [3.8, 4) is 22.6 Å². The van der Waals surface area contributed by atoms with Gasteiger partial charge in [-0.15, -0.1) is 0 Å². The Hall–Kier alpha value is -3.85. The van der Waals surface area contributed by atoms with Gasteiger partial charge in [-0.2, -0.15) is 0 Å². The first-order valence-corrected chi connectivity index (χ1v) is 11.1. The third kappa shape index (κ3) is 5.55. The molecule has 2 aromatic carbocycles. The topological polar surface area (TPSA) is 123 Å². The van der Waals surface area contributed by atoms with Gasteiger partial charge in [0, 0.05) is 6.54 Å². The van der Waals surface area contributed by atoms with Crippen molar-refractivity contribution in [1.82, 2.24) is 14.9 Å². The molecule has 34 heavy (non-hydrogen) atoms. The lowest BCUT2D eigenvalue weighted by atomic mass is 10.1. The molecule has 2 heterocycles.